The summed E-state index contributed by atoms with van der Waals surface area (Å²) >= 11 is 0. The Labute approximate surface area is 172 Å². The van der Waals surface area contributed by atoms with Crippen molar-refractivity contribution in [2.75, 3.05) is 25.5 Å². The van der Waals surface area contributed by atoms with Crippen molar-refractivity contribution in [1.29, 1.82) is 0 Å². The molecular formula is C22H31N5O2. The fraction of sp³-hybridized carbons (Fsp3) is 0.591. The molecule has 4 rings (SSSR count). The summed E-state index contributed by atoms with van der Waals surface area (Å²) in [6.07, 6.45) is 8.93. The van der Waals surface area contributed by atoms with E-state index in [2.05, 4.69) is 27.0 Å². The molecule has 2 aromatic rings. The van der Waals surface area contributed by atoms with Crippen molar-refractivity contribution >= 4 is 11.7 Å². The summed E-state index contributed by atoms with van der Waals surface area (Å²) in [6, 6.07) is 7.45. The van der Waals surface area contributed by atoms with Gasteiger partial charge in [0.1, 0.15) is 17.9 Å². The zero-order valence-corrected chi connectivity index (χ0v) is 17.4. The molecule has 1 aromatic heterocycles. The largest absolute Gasteiger partial charge is 0.497 e. The number of carbonyl (C=O) groups is 1. The summed E-state index contributed by atoms with van der Waals surface area (Å²) in [7, 11) is 1.63. The molecule has 7 nitrogen and oxygen atoms in total. The number of aromatic nitrogens is 3. The minimum Gasteiger partial charge on any atom is -0.497 e. The molecule has 1 spiro atoms. The molecule has 1 N–H and O–H groups in total. The molecule has 1 aromatic carbocycles. The summed E-state index contributed by atoms with van der Waals surface area (Å²) in [4.78, 5) is 15.1. The molecule has 1 aliphatic heterocycles. The lowest BCUT2D eigenvalue weighted by Crippen LogP contribution is -2.36. The van der Waals surface area contributed by atoms with Crippen LogP contribution in [-0.2, 0) is 6.54 Å². The molecule has 2 amide bonds. The third-order valence-electron chi connectivity index (χ3n) is 6.53. The molecular weight excluding hydrogens is 366 g/mol. The van der Waals surface area contributed by atoms with E-state index >= 15 is 0 Å². The Morgan fingerprint density at radius 2 is 2.14 bits per heavy atom. The zero-order valence-electron chi connectivity index (χ0n) is 17.4. The molecule has 1 saturated carbocycles. The standard InChI is InChI=1S/C22H31N5O2/c1-3-12-26-16-23-25-20(26)19-14-27(15-22(19)10-5-4-6-11-22)21(28)24-17-8-7-9-18(13-17)29-2/h7-9,13,16,19H,3-6,10-12,14-15H2,1-2H3,(H,24,28). The van der Waals surface area contributed by atoms with Gasteiger partial charge in [0.25, 0.3) is 0 Å². The number of likely N-dealkylation sites (tertiary alicyclic amines) is 1. The number of benzene rings is 1. The van der Waals surface area contributed by atoms with Crippen molar-refractivity contribution in [3.63, 3.8) is 0 Å². The minimum atomic E-state index is -0.0488. The van der Waals surface area contributed by atoms with Gasteiger partial charge in [-0.15, -0.1) is 10.2 Å². The zero-order chi connectivity index (χ0) is 20.3. The summed E-state index contributed by atoms with van der Waals surface area (Å²) in [5, 5.41) is 11.8. The number of amides is 2. The van der Waals surface area contributed by atoms with Gasteiger partial charge in [-0.2, -0.15) is 0 Å². The van der Waals surface area contributed by atoms with Gasteiger partial charge < -0.3 is 19.5 Å². The lowest BCUT2D eigenvalue weighted by atomic mass is 9.67. The number of hydrogen-bond acceptors (Lipinski definition) is 4. The van der Waals surface area contributed by atoms with E-state index in [4.69, 9.17) is 4.74 Å². The first-order chi connectivity index (χ1) is 14.1. The molecule has 156 valence electrons. The Morgan fingerprint density at radius 1 is 1.31 bits per heavy atom. The fourth-order valence-corrected chi connectivity index (χ4v) is 5.09. The summed E-state index contributed by atoms with van der Waals surface area (Å²) in [5.74, 6) is 2.02. The van der Waals surface area contributed by atoms with Crippen molar-refractivity contribution in [1.82, 2.24) is 19.7 Å². The molecule has 0 radical (unpaired) electrons. The third kappa shape index (κ3) is 3.95. The van der Waals surface area contributed by atoms with Gasteiger partial charge in [-0.05, 0) is 36.8 Å². The predicted molar refractivity (Wildman–Crippen MR) is 112 cm³/mol. The molecule has 7 heteroatoms. The second-order valence-corrected chi connectivity index (χ2v) is 8.40. The van der Waals surface area contributed by atoms with Crippen LogP contribution in [0.2, 0.25) is 0 Å². The van der Waals surface area contributed by atoms with Crippen LogP contribution in [0.4, 0.5) is 10.5 Å². The Kier molecular flexibility index (Phi) is 5.74. The molecule has 29 heavy (non-hydrogen) atoms. The minimum absolute atomic E-state index is 0.0488. The first-order valence-corrected chi connectivity index (χ1v) is 10.7. The Bertz CT molecular complexity index is 843. The second-order valence-electron chi connectivity index (χ2n) is 8.40. The van der Waals surface area contributed by atoms with E-state index in [0.29, 0.717) is 6.54 Å². The first-order valence-electron chi connectivity index (χ1n) is 10.7. The smallest absolute Gasteiger partial charge is 0.321 e. The summed E-state index contributed by atoms with van der Waals surface area (Å²) in [6.45, 7) is 4.57. The molecule has 2 heterocycles. The van der Waals surface area contributed by atoms with Gasteiger partial charge in [0.2, 0.25) is 0 Å². The molecule has 2 fully saturated rings. The maximum absolute atomic E-state index is 13.1. The highest BCUT2D eigenvalue weighted by Gasteiger charge is 2.50. The highest BCUT2D eigenvalue weighted by atomic mass is 16.5. The molecule has 1 unspecified atom stereocenters. The van der Waals surface area contributed by atoms with E-state index < -0.39 is 0 Å². The quantitative estimate of drug-likeness (QED) is 0.817. The van der Waals surface area contributed by atoms with Gasteiger partial charge >= 0.3 is 6.03 Å². The number of hydrogen-bond donors (Lipinski definition) is 1. The monoisotopic (exact) mass is 397 g/mol. The number of nitrogens with zero attached hydrogens (tertiary/aromatic N) is 4. The average molecular weight is 398 g/mol. The van der Waals surface area contributed by atoms with Gasteiger partial charge in [-0.1, -0.05) is 32.3 Å². The molecule has 1 atom stereocenters. The average Bonchev–Trinajstić information content (AvgIpc) is 3.33. The summed E-state index contributed by atoms with van der Waals surface area (Å²) < 4.78 is 7.46. The maximum Gasteiger partial charge on any atom is 0.321 e. The Morgan fingerprint density at radius 3 is 2.90 bits per heavy atom. The third-order valence-corrected chi connectivity index (χ3v) is 6.53. The van der Waals surface area contributed by atoms with Crippen molar-refractivity contribution in [2.45, 2.75) is 57.9 Å². The van der Waals surface area contributed by atoms with Gasteiger partial charge in [0, 0.05) is 37.3 Å². The highest BCUT2D eigenvalue weighted by molar-refractivity contribution is 5.89. The SMILES string of the molecule is CCCn1cnnc1C1CN(C(=O)Nc2cccc(OC)c2)CC12CCCCC2. The van der Waals surface area contributed by atoms with Crippen LogP contribution in [-0.4, -0.2) is 45.9 Å². The van der Waals surface area contributed by atoms with Gasteiger partial charge in [-0.3, -0.25) is 0 Å². The van der Waals surface area contributed by atoms with Crippen LogP contribution in [0.15, 0.2) is 30.6 Å². The van der Waals surface area contributed by atoms with E-state index in [9.17, 15) is 4.79 Å². The van der Waals surface area contributed by atoms with Crippen LogP contribution >= 0.6 is 0 Å². The number of urea groups is 1. The van der Waals surface area contributed by atoms with Gasteiger partial charge in [-0.25, -0.2) is 4.79 Å². The van der Waals surface area contributed by atoms with Crippen LogP contribution in [0.3, 0.4) is 0 Å². The second kappa shape index (κ2) is 8.43. The van der Waals surface area contributed by atoms with Gasteiger partial charge in [0.15, 0.2) is 0 Å². The topological polar surface area (TPSA) is 72.3 Å². The Hall–Kier alpha value is -2.57. The van der Waals surface area contributed by atoms with Crippen LogP contribution < -0.4 is 10.1 Å². The molecule has 2 aliphatic rings. The van der Waals surface area contributed by atoms with Crippen LogP contribution in [0, 0.1) is 5.41 Å². The number of carbonyl (C=O) groups excluding carboxylic acids is 1. The first kappa shape index (κ1) is 19.7. The van der Waals surface area contributed by atoms with E-state index in [1.165, 1.54) is 19.3 Å². The normalized spacial score (nSPS) is 20.8. The Balaban J connectivity index is 1.56. The van der Waals surface area contributed by atoms with E-state index in [1.807, 2.05) is 35.5 Å². The lowest BCUT2D eigenvalue weighted by Gasteiger charge is -2.37. The highest BCUT2D eigenvalue weighted by Crippen LogP contribution is 2.51. The van der Waals surface area contributed by atoms with Crippen molar-refractivity contribution < 1.29 is 9.53 Å². The van der Waals surface area contributed by atoms with Crippen molar-refractivity contribution in [3.05, 3.63) is 36.4 Å². The van der Waals surface area contributed by atoms with Crippen molar-refractivity contribution in [3.8, 4) is 5.75 Å². The summed E-state index contributed by atoms with van der Waals surface area (Å²) in [5.41, 5.74) is 0.868. The maximum atomic E-state index is 13.1. The van der Waals surface area contributed by atoms with Crippen LogP contribution in [0.25, 0.3) is 0 Å². The number of nitrogens with one attached hydrogen (secondary N) is 1. The molecule has 1 saturated heterocycles. The fourth-order valence-electron chi connectivity index (χ4n) is 5.09. The van der Waals surface area contributed by atoms with Crippen molar-refractivity contribution in [2.24, 2.45) is 5.41 Å². The van der Waals surface area contributed by atoms with Crippen LogP contribution in [0.1, 0.15) is 57.2 Å². The number of rotatable bonds is 5. The number of aryl methyl sites for hydroxylation is 1. The number of methoxy groups -OCH3 is 1. The van der Waals surface area contributed by atoms with E-state index in [1.54, 1.807) is 7.11 Å². The van der Waals surface area contributed by atoms with E-state index in [-0.39, 0.29) is 17.4 Å². The number of anilines is 1. The van der Waals surface area contributed by atoms with E-state index in [0.717, 1.165) is 49.6 Å². The number of ether oxygens (including phenoxy) is 1. The lowest BCUT2D eigenvalue weighted by molar-refractivity contribution is 0.167. The van der Waals surface area contributed by atoms with Crippen LogP contribution in [0.5, 0.6) is 5.75 Å². The molecule has 0 bridgehead atoms. The van der Waals surface area contributed by atoms with Gasteiger partial charge in [0.05, 0.1) is 7.11 Å². The predicted octanol–water partition coefficient (Wildman–Crippen LogP) is 4.28. The molecule has 1 aliphatic carbocycles.